The first-order chi connectivity index (χ1) is 13.1. The van der Waals surface area contributed by atoms with Crippen molar-refractivity contribution < 1.29 is 13.2 Å². The van der Waals surface area contributed by atoms with Gasteiger partial charge in [0.2, 0.25) is 0 Å². The Balaban J connectivity index is 1.74. The van der Waals surface area contributed by atoms with Crippen molar-refractivity contribution in [2.24, 2.45) is 0 Å². The molecule has 0 spiro atoms. The maximum atomic E-state index is 13.2. The summed E-state index contributed by atoms with van der Waals surface area (Å²) in [6.07, 6.45) is 4.73. The summed E-state index contributed by atoms with van der Waals surface area (Å²) in [7, 11) is -1.92. The highest BCUT2D eigenvalue weighted by Gasteiger charge is 2.37. The standard InChI is InChI=1S/C21H26N2O3S/c1-26-19-11-12-20-17(15-19)13-14-23(21(20)16-7-3-2-4-8-16)27(24,25)22-18-9-5-6-10-18/h2-4,7-8,11-12,15,18,21-22H,5-6,9-10,13-14H2,1H3. The highest BCUT2D eigenvalue weighted by molar-refractivity contribution is 7.87. The molecule has 2 aromatic carbocycles. The van der Waals surface area contributed by atoms with Gasteiger partial charge in [-0.05, 0) is 48.1 Å². The van der Waals surface area contributed by atoms with Gasteiger partial charge in [-0.2, -0.15) is 17.4 Å². The summed E-state index contributed by atoms with van der Waals surface area (Å²) in [5, 5.41) is 0. The van der Waals surface area contributed by atoms with E-state index in [0.29, 0.717) is 13.0 Å². The van der Waals surface area contributed by atoms with Crippen LogP contribution in [0.4, 0.5) is 0 Å². The minimum atomic E-state index is -3.57. The lowest BCUT2D eigenvalue weighted by molar-refractivity contribution is 0.333. The van der Waals surface area contributed by atoms with Crippen LogP contribution in [-0.4, -0.2) is 32.4 Å². The second-order valence-electron chi connectivity index (χ2n) is 7.34. The van der Waals surface area contributed by atoms with E-state index in [-0.39, 0.29) is 12.1 Å². The van der Waals surface area contributed by atoms with E-state index in [0.717, 1.165) is 48.1 Å². The number of methoxy groups -OCH3 is 1. The van der Waals surface area contributed by atoms with Crippen LogP contribution in [-0.2, 0) is 16.6 Å². The van der Waals surface area contributed by atoms with E-state index in [1.54, 1.807) is 11.4 Å². The average Bonchev–Trinajstić information content (AvgIpc) is 3.19. The first kappa shape index (κ1) is 18.5. The lowest BCUT2D eigenvalue weighted by Crippen LogP contribution is -2.48. The smallest absolute Gasteiger partial charge is 0.280 e. The fourth-order valence-electron chi connectivity index (χ4n) is 4.27. The van der Waals surface area contributed by atoms with Crippen LogP contribution in [0.5, 0.6) is 5.75 Å². The Kier molecular flexibility index (Phi) is 5.21. The van der Waals surface area contributed by atoms with E-state index >= 15 is 0 Å². The van der Waals surface area contributed by atoms with Crippen LogP contribution in [0.25, 0.3) is 0 Å². The van der Waals surface area contributed by atoms with E-state index in [2.05, 4.69) is 4.72 Å². The van der Waals surface area contributed by atoms with E-state index < -0.39 is 10.2 Å². The van der Waals surface area contributed by atoms with Crippen molar-refractivity contribution in [2.45, 2.75) is 44.2 Å². The molecule has 0 radical (unpaired) electrons. The molecular weight excluding hydrogens is 360 g/mol. The number of nitrogens with one attached hydrogen (secondary N) is 1. The van der Waals surface area contributed by atoms with Crippen LogP contribution in [0, 0.1) is 0 Å². The average molecular weight is 387 g/mol. The zero-order valence-electron chi connectivity index (χ0n) is 15.6. The van der Waals surface area contributed by atoms with Crippen LogP contribution < -0.4 is 9.46 Å². The monoisotopic (exact) mass is 386 g/mol. The molecule has 144 valence electrons. The van der Waals surface area contributed by atoms with Crippen LogP contribution in [0.1, 0.15) is 48.4 Å². The molecule has 1 aliphatic heterocycles. The summed E-state index contributed by atoms with van der Waals surface area (Å²) in [4.78, 5) is 0. The molecule has 0 aromatic heterocycles. The van der Waals surface area contributed by atoms with Gasteiger partial charge in [0, 0.05) is 12.6 Å². The first-order valence-corrected chi connectivity index (χ1v) is 11.0. The van der Waals surface area contributed by atoms with Crippen molar-refractivity contribution in [3.8, 4) is 5.75 Å². The lowest BCUT2D eigenvalue weighted by atomic mass is 9.90. The normalized spacial score (nSPS) is 21.1. The topological polar surface area (TPSA) is 58.6 Å². The Morgan fingerprint density at radius 3 is 2.52 bits per heavy atom. The molecule has 0 bridgehead atoms. The molecule has 1 unspecified atom stereocenters. The third kappa shape index (κ3) is 3.74. The van der Waals surface area contributed by atoms with Gasteiger partial charge < -0.3 is 4.74 Å². The van der Waals surface area contributed by atoms with Gasteiger partial charge in [-0.1, -0.05) is 49.2 Å². The Hall–Kier alpha value is -1.89. The fourth-order valence-corrected chi connectivity index (χ4v) is 5.91. The van der Waals surface area contributed by atoms with Gasteiger partial charge in [0.25, 0.3) is 10.2 Å². The van der Waals surface area contributed by atoms with E-state index in [1.807, 2.05) is 48.5 Å². The third-order valence-corrected chi connectivity index (χ3v) is 7.27. The van der Waals surface area contributed by atoms with Crippen LogP contribution in [0.15, 0.2) is 48.5 Å². The van der Waals surface area contributed by atoms with Crippen LogP contribution in [0.2, 0.25) is 0 Å². The Morgan fingerprint density at radius 1 is 1.07 bits per heavy atom. The second-order valence-corrected chi connectivity index (χ2v) is 9.00. The van der Waals surface area contributed by atoms with Crippen LogP contribution >= 0.6 is 0 Å². The van der Waals surface area contributed by atoms with Crippen molar-refractivity contribution in [1.29, 1.82) is 0 Å². The quantitative estimate of drug-likeness (QED) is 0.857. The van der Waals surface area contributed by atoms with Gasteiger partial charge in [-0.3, -0.25) is 0 Å². The molecule has 1 N–H and O–H groups in total. The molecular formula is C21H26N2O3S. The summed E-state index contributed by atoms with van der Waals surface area (Å²) < 4.78 is 36.4. The number of hydrogen-bond donors (Lipinski definition) is 1. The predicted octanol–water partition coefficient (Wildman–Crippen LogP) is 3.42. The van der Waals surface area contributed by atoms with E-state index in [9.17, 15) is 8.42 Å². The predicted molar refractivity (Wildman–Crippen MR) is 106 cm³/mol. The molecule has 27 heavy (non-hydrogen) atoms. The number of hydrogen-bond acceptors (Lipinski definition) is 3. The summed E-state index contributed by atoms with van der Waals surface area (Å²) in [6.45, 7) is 0.460. The number of fused-ring (bicyclic) bond motifs is 1. The molecule has 1 saturated carbocycles. The molecule has 0 amide bonds. The minimum absolute atomic E-state index is 0.0590. The number of rotatable bonds is 5. The van der Waals surface area contributed by atoms with Gasteiger partial charge in [0.1, 0.15) is 5.75 Å². The molecule has 1 aliphatic carbocycles. The van der Waals surface area contributed by atoms with Gasteiger partial charge in [0.05, 0.1) is 13.2 Å². The summed E-state index contributed by atoms with van der Waals surface area (Å²) in [5.41, 5.74) is 3.17. The number of nitrogens with zero attached hydrogens (tertiary/aromatic N) is 1. The molecule has 1 atom stereocenters. The molecule has 0 saturated heterocycles. The maximum absolute atomic E-state index is 13.2. The van der Waals surface area contributed by atoms with Gasteiger partial charge in [0.15, 0.2) is 0 Å². The SMILES string of the molecule is COc1ccc2c(c1)CCN(S(=O)(=O)NC1CCCC1)C2c1ccccc1. The number of benzene rings is 2. The van der Waals surface area contributed by atoms with Gasteiger partial charge in [-0.15, -0.1) is 0 Å². The van der Waals surface area contributed by atoms with Crippen molar-refractivity contribution in [1.82, 2.24) is 9.03 Å². The molecule has 2 aliphatic rings. The minimum Gasteiger partial charge on any atom is -0.497 e. The van der Waals surface area contributed by atoms with E-state index in [4.69, 9.17) is 4.74 Å². The lowest BCUT2D eigenvalue weighted by Gasteiger charge is -2.37. The van der Waals surface area contributed by atoms with Crippen molar-refractivity contribution in [3.63, 3.8) is 0 Å². The van der Waals surface area contributed by atoms with E-state index in [1.165, 1.54) is 0 Å². The molecule has 2 aromatic rings. The zero-order valence-corrected chi connectivity index (χ0v) is 16.4. The third-order valence-electron chi connectivity index (χ3n) is 5.63. The van der Waals surface area contributed by atoms with Crippen molar-refractivity contribution in [3.05, 3.63) is 65.2 Å². The highest BCUT2D eigenvalue weighted by Crippen LogP contribution is 2.38. The molecule has 1 heterocycles. The summed E-state index contributed by atoms with van der Waals surface area (Å²) in [5.74, 6) is 0.806. The Morgan fingerprint density at radius 2 is 1.81 bits per heavy atom. The van der Waals surface area contributed by atoms with Gasteiger partial charge in [-0.25, -0.2) is 0 Å². The largest absolute Gasteiger partial charge is 0.497 e. The van der Waals surface area contributed by atoms with Crippen LogP contribution in [0.3, 0.4) is 0 Å². The molecule has 1 fully saturated rings. The van der Waals surface area contributed by atoms with Crippen molar-refractivity contribution >= 4 is 10.2 Å². The van der Waals surface area contributed by atoms with Gasteiger partial charge >= 0.3 is 0 Å². The van der Waals surface area contributed by atoms with Crippen molar-refractivity contribution in [2.75, 3.05) is 13.7 Å². The molecule has 5 nitrogen and oxygen atoms in total. The first-order valence-electron chi connectivity index (χ1n) is 9.59. The Labute approximate surface area is 161 Å². The zero-order chi connectivity index (χ0) is 18.9. The summed E-state index contributed by atoms with van der Waals surface area (Å²) >= 11 is 0. The molecule has 6 heteroatoms. The second kappa shape index (κ2) is 7.62. The summed E-state index contributed by atoms with van der Waals surface area (Å²) in [6, 6.07) is 15.6. The highest BCUT2D eigenvalue weighted by atomic mass is 32.2. The fraction of sp³-hybridized carbons (Fsp3) is 0.429. The Bertz CT molecular complexity index is 893. The maximum Gasteiger partial charge on any atom is 0.280 e. The number of ether oxygens (including phenoxy) is 1. The molecule has 4 rings (SSSR count).